The van der Waals surface area contributed by atoms with Crippen LogP contribution in [0.15, 0.2) is 60.9 Å². The third-order valence-electron chi connectivity index (χ3n) is 2.99. The van der Waals surface area contributed by atoms with Crippen molar-refractivity contribution in [3.8, 4) is 11.3 Å². The molecule has 20 heavy (non-hydrogen) atoms. The van der Waals surface area contributed by atoms with Crippen LogP contribution in [0.1, 0.15) is 5.56 Å². The highest BCUT2D eigenvalue weighted by atomic mass is 16.6. The van der Waals surface area contributed by atoms with Gasteiger partial charge < -0.3 is 0 Å². The first-order valence-corrected chi connectivity index (χ1v) is 6.10. The van der Waals surface area contributed by atoms with Crippen LogP contribution in [0.3, 0.4) is 0 Å². The Kier molecular flexibility index (Phi) is 3.01. The first kappa shape index (κ1) is 12.1. The second-order valence-electron chi connectivity index (χ2n) is 4.26. The van der Waals surface area contributed by atoms with Crippen LogP contribution in [0.25, 0.3) is 22.9 Å². The number of benzene rings is 1. The quantitative estimate of drug-likeness (QED) is 0.539. The summed E-state index contributed by atoms with van der Waals surface area (Å²) in [4.78, 5) is 10.1. The molecule has 0 N–H and O–H groups in total. The summed E-state index contributed by atoms with van der Waals surface area (Å²) < 4.78 is 1.72. The van der Waals surface area contributed by atoms with Gasteiger partial charge in [0.15, 0.2) is 0 Å². The Morgan fingerprint density at radius 2 is 1.85 bits per heavy atom. The van der Waals surface area contributed by atoms with Crippen LogP contribution in [-0.2, 0) is 0 Å². The third-order valence-corrected chi connectivity index (χ3v) is 2.99. The fraction of sp³-hybridized carbons (Fsp3) is 0. The molecule has 2 aromatic heterocycles. The molecule has 3 aromatic rings. The topological polar surface area (TPSA) is 60.4 Å². The van der Waals surface area contributed by atoms with E-state index in [1.165, 1.54) is 6.08 Å². The maximum atomic E-state index is 10.6. The fourth-order valence-corrected chi connectivity index (χ4v) is 2.13. The highest BCUT2D eigenvalue weighted by molar-refractivity contribution is 5.82. The summed E-state index contributed by atoms with van der Waals surface area (Å²) in [5.74, 6) is 0. The van der Waals surface area contributed by atoms with Gasteiger partial charge in [-0.1, -0.05) is 36.4 Å². The van der Waals surface area contributed by atoms with Crippen LogP contribution >= 0.6 is 0 Å². The van der Waals surface area contributed by atoms with Crippen molar-refractivity contribution in [3.63, 3.8) is 0 Å². The standard InChI is InChI=1S/C15H11N3O2/c19-18(20)11-9-13-14-8-4-5-10-17(14)16-15(13)12-6-2-1-3-7-12/h1-11H/b11-9+. The van der Waals surface area contributed by atoms with Crippen molar-refractivity contribution in [3.05, 3.63) is 76.6 Å². The van der Waals surface area contributed by atoms with Gasteiger partial charge in [0.2, 0.25) is 6.20 Å². The van der Waals surface area contributed by atoms with E-state index in [-0.39, 0.29) is 0 Å². The number of fused-ring (bicyclic) bond motifs is 1. The summed E-state index contributed by atoms with van der Waals surface area (Å²) in [6.07, 6.45) is 4.26. The average molecular weight is 265 g/mol. The van der Waals surface area contributed by atoms with Gasteiger partial charge in [0.05, 0.1) is 10.4 Å². The Bertz CT molecular complexity index is 791. The Morgan fingerprint density at radius 1 is 1.10 bits per heavy atom. The smallest absolute Gasteiger partial charge is 0.235 e. The molecule has 0 atom stereocenters. The maximum Gasteiger partial charge on any atom is 0.235 e. The van der Waals surface area contributed by atoms with E-state index in [9.17, 15) is 10.1 Å². The van der Waals surface area contributed by atoms with Gasteiger partial charge in [-0.3, -0.25) is 10.1 Å². The lowest BCUT2D eigenvalue weighted by Crippen LogP contribution is -1.84. The summed E-state index contributed by atoms with van der Waals surface area (Å²) in [7, 11) is 0. The zero-order chi connectivity index (χ0) is 13.9. The van der Waals surface area contributed by atoms with Crippen LogP contribution in [-0.4, -0.2) is 14.5 Å². The third kappa shape index (κ3) is 2.16. The molecule has 1 aromatic carbocycles. The van der Waals surface area contributed by atoms with Crippen molar-refractivity contribution in [2.45, 2.75) is 0 Å². The summed E-state index contributed by atoms with van der Waals surface area (Å²) in [5.41, 5.74) is 3.24. The zero-order valence-corrected chi connectivity index (χ0v) is 10.5. The summed E-state index contributed by atoms with van der Waals surface area (Å²) in [6, 6.07) is 15.3. The van der Waals surface area contributed by atoms with Crippen molar-refractivity contribution in [1.29, 1.82) is 0 Å². The van der Waals surface area contributed by atoms with Crippen molar-refractivity contribution < 1.29 is 4.92 Å². The Hall–Kier alpha value is -2.95. The van der Waals surface area contributed by atoms with Crippen LogP contribution in [0.4, 0.5) is 0 Å². The normalized spacial score (nSPS) is 11.2. The lowest BCUT2D eigenvalue weighted by Gasteiger charge is -1.97. The molecule has 0 aliphatic carbocycles. The highest BCUT2D eigenvalue weighted by Gasteiger charge is 2.12. The lowest BCUT2D eigenvalue weighted by molar-refractivity contribution is -0.400. The predicted molar refractivity (Wildman–Crippen MR) is 76.7 cm³/mol. The maximum absolute atomic E-state index is 10.6. The van der Waals surface area contributed by atoms with Gasteiger partial charge in [0.1, 0.15) is 5.69 Å². The van der Waals surface area contributed by atoms with Crippen LogP contribution in [0.2, 0.25) is 0 Å². The van der Waals surface area contributed by atoms with E-state index in [4.69, 9.17) is 0 Å². The van der Waals surface area contributed by atoms with Crippen LogP contribution in [0.5, 0.6) is 0 Å². The molecule has 0 bridgehead atoms. The van der Waals surface area contributed by atoms with E-state index >= 15 is 0 Å². The van der Waals surface area contributed by atoms with E-state index in [1.54, 1.807) is 4.52 Å². The molecule has 0 saturated heterocycles. The number of rotatable bonds is 3. The van der Waals surface area contributed by atoms with E-state index in [0.717, 1.165) is 28.5 Å². The van der Waals surface area contributed by atoms with Gasteiger partial charge in [-0.2, -0.15) is 5.10 Å². The molecule has 5 nitrogen and oxygen atoms in total. The van der Waals surface area contributed by atoms with Crippen LogP contribution < -0.4 is 0 Å². The Morgan fingerprint density at radius 3 is 2.60 bits per heavy atom. The van der Waals surface area contributed by atoms with Crippen LogP contribution in [0, 0.1) is 10.1 Å². The number of nitrogens with zero attached hydrogens (tertiary/aromatic N) is 3. The minimum absolute atomic E-state index is 0.471. The fourth-order valence-electron chi connectivity index (χ4n) is 2.13. The summed E-state index contributed by atoms with van der Waals surface area (Å²) in [5, 5.41) is 15.1. The largest absolute Gasteiger partial charge is 0.259 e. The van der Waals surface area contributed by atoms with Gasteiger partial charge in [0.25, 0.3) is 0 Å². The first-order chi connectivity index (χ1) is 9.75. The van der Waals surface area contributed by atoms with Gasteiger partial charge in [0, 0.05) is 23.4 Å². The molecule has 0 unspecified atom stereocenters. The molecule has 0 aliphatic heterocycles. The molecule has 3 rings (SSSR count). The van der Waals surface area contributed by atoms with E-state index in [0.29, 0.717) is 0 Å². The number of pyridine rings is 1. The minimum Gasteiger partial charge on any atom is -0.259 e. The van der Waals surface area contributed by atoms with Gasteiger partial charge in [-0.05, 0) is 12.1 Å². The minimum atomic E-state index is -0.471. The predicted octanol–water partition coefficient (Wildman–Crippen LogP) is 3.25. The van der Waals surface area contributed by atoms with Crippen molar-refractivity contribution in [2.24, 2.45) is 0 Å². The first-order valence-electron chi connectivity index (χ1n) is 6.10. The number of nitro groups is 1. The van der Waals surface area contributed by atoms with E-state index in [2.05, 4.69) is 5.10 Å². The molecule has 0 radical (unpaired) electrons. The molecule has 0 spiro atoms. The molecule has 0 fully saturated rings. The van der Waals surface area contributed by atoms with E-state index < -0.39 is 4.92 Å². The second-order valence-corrected chi connectivity index (χ2v) is 4.26. The summed E-state index contributed by atoms with van der Waals surface area (Å²) >= 11 is 0. The molecule has 2 heterocycles. The number of aromatic nitrogens is 2. The highest BCUT2D eigenvalue weighted by Crippen LogP contribution is 2.27. The van der Waals surface area contributed by atoms with Crippen molar-refractivity contribution >= 4 is 11.6 Å². The number of hydrogen-bond donors (Lipinski definition) is 0. The molecule has 0 amide bonds. The second kappa shape index (κ2) is 4.97. The molecule has 0 saturated carbocycles. The van der Waals surface area contributed by atoms with Gasteiger partial charge in [-0.25, -0.2) is 4.52 Å². The summed E-state index contributed by atoms with van der Waals surface area (Å²) in [6.45, 7) is 0. The Balaban J connectivity index is 2.25. The molecular formula is C15H11N3O2. The van der Waals surface area contributed by atoms with Crippen molar-refractivity contribution in [2.75, 3.05) is 0 Å². The zero-order valence-electron chi connectivity index (χ0n) is 10.5. The Labute approximate surface area is 114 Å². The number of hydrogen-bond acceptors (Lipinski definition) is 3. The molecule has 5 heteroatoms. The lowest BCUT2D eigenvalue weighted by atomic mass is 10.1. The molecule has 98 valence electrons. The SMILES string of the molecule is O=[N+]([O-])/C=C/c1c(-c2ccccc2)nn2ccccc12. The average Bonchev–Trinajstić information content (AvgIpc) is 2.84. The molecular weight excluding hydrogens is 254 g/mol. The monoisotopic (exact) mass is 265 g/mol. The van der Waals surface area contributed by atoms with Gasteiger partial charge in [-0.15, -0.1) is 0 Å². The molecule has 0 aliphatic rings. The van der Waals surface area contributed by atoms with Gasteiger partial charge >= 0.3 is 0 Å². The van der Waals surface area contributed by atoms with E-state index in [1.807, 2.05) is 54.7 Å². The van der Waals surface area contributed by atoms with Crippen molar-refractivity contribution in [1.82, 2.24) is 9.61 Å².